The van der Waals surface area contributed by atoms with Gasteiger partial charge in [0, 0.05) is 0 Å². The van der Waals surface area contributed by atoms with Crippen molar-refractivity contribution in [2.45, 2.75) is 106 Å². The molecule has 0 aliphatic heterocycles. The summed E-state index contributed by atoms with van der Waals surface area (Å²) in [5.74, 6) is 0.805. The fourth-order valence-corrected chi connectivity index (χ4v) is 5.07. The van der Waals surface area contributed by atoms with Crippen molar-refractivity contribution in [1.82, 2.24) is 0 Å². The van der Waals surface area contributed by atoms with Gasteiger partial charge in [-0.2, -0.15) is 0 Å². The number of hydrogen-bond acceptors (Lipinski definition) is 0. The van der Waals surface area contributed by atoms with Crippen LogP contribution in [0.15, 0.2) is 22.3 Å². The second-order valence-corrected chi connectivity index (χ2v) is 7.10. The minimum Gasteiger partial charge on any atom is -0.0678 e. The summed E-state index contributed by atoms with van der Waals surface area (Å²) in [6.07, 6.45) is 11.6. The predicted octanol–water partition coefficient (Wildman–Crippen LogP) is 7.85. The van der Waals surface area contributed by atoms with Gasteiger partial charge in [-0.15, -0.1) is 0 Å². The highest BCUT2D eigenvalue weighted by molar-refractivity contribution is 5.32. The molecule has 1 rings (SSSR count). The molecular formula is C22H40. The quantitative estimate of drug-likeness (QED) is 0.420. The van der Waals surface area contributed by atoms with E-state index in [2.05, 4.69) is 48.5 Å². The van der Waals surface area contributed by atoms with Crippen LogP contribution in [-0.2, 0) is 0 Å². The van der Waals surface area contributed by atoms with Crippen LogP contribution < -0.4 is 0 Å². The minimum absolute atomic E-state index is 0.459. The molecule has 0 heterocycles. The molecular weight excluding hydrogens is 264 g/mol. The molecule has 0 bridgehead atoms. The van der Waals surface area contributed by atoms with E-state index in [1.165, 1.54) is 57.8 Å². The van der Waals surface area contributed by atoms with E-state index in [9.17, 15) is 0 Å². The third kappa shape index (κ3) is 3.69. The van der Waals surface area contributed by atoms with Crippen LogP contribution in [0.5, 0.6) is 0 Å². The number of hydrogen-bond donors (Lipinski definition) is 0. The molecule has 0 aromatic rings. The van der Waals surface area contributed by atoms with Gasteiger partial charge in [0.15, 0.2) is 0 Å². The highest BCUT2D eigenvalue weighted by atomic mass is 14.4. The molecule has 0 heteroatoms. The smallest absolute Gasteiger partial charge is 0.00849 e. The molecule has 0 N–H and O–H groups in total. The maximum absolute atomic E-state index is 2.43. The molecule has 0 saturated carbocycles. The molecule has 0 nitrogen and oxygen atoms in total. The monoisotopic (exact) mass is 304 g/mol. The molecule has 128 valence electrons. The van der Waals surface area contributed by atoms with Crippen LogP contribution in [0.2, 0.25) is 0 Å². The summed E-state index contributed by atoms with van der Waals surface area (Å²) in [6, 6.07) is 0. The average molecular weight is 305 g/mol. The van der Waals surface area contributed by atoms with Gasteiger partial charge in [0.25, 0.3) is 0 Å². The number of rotatable bonds is 7. The van der Waals surface area contributed by atoms with Crippen LogP contribution in [0.3, 0.4) is 0 Å². The Bertz CT molecular complexity index is 404. The van der Waals surface area contributed by atoms with Crippen LogP contribution in [-0.4, -0.2) is 0 Å². The molecule has 0 aromatic heterocycles. The fourth-order valence-electron chi connectivity index (χ4n) is 5.07. The number of allylic oxidation sites excluding steroid dienone is 4. The zero-order valence-corrected chi connectivity index (χ0v) is 16.4. The van der Waals surface area contributed by atoms with Crippen LogP contribution in [0.25, 0.3) is 0 Å². The van der Waals surface area contributed by atoms with Crippen LogP contribution in [0, 0.1) is 11.3 Å². The van der Waals surface area contributed by atoms with E-state index < -0.39 is 0 Å². The third-order valence-corrected chi connectivity index (χ3v) is 6.51. The molecule has 1 unspecified atom stereocenters. The van der Waals surface area contributed by atoms with Gasteiger partial charge in [0.05, 0.1) is 0 Å². The van der Waals surface area contributed by atoms with E-state index >= 15 is 0 Å². The molecule has 0 spiro atoms. The zero-order chi connectivity index (χ0) is 16.8. The molecule has 22 heavy (non-hydrogen) atoms. The van der Waals surface area contributed by atoms with Crippen molar-refractivity contribution in [2.24, 2.45) is 11.3 Å². The maximum atomic E-state index is 2.43. The van der Waals surface area contributed by atoms with E-state index in [1.54, 1.807) is 16.7 Å². The van der Waals surface area contributed by atoms with E-state index in [1.807, 2.05) is 5.57 Å². The van der Waals surface area contributed by atoms with E-state index in [-0.39, 0.29) is 0 Å². The first-order valence-corrected chi connectivity index (χ1v) is 9.99. The average Bonchev–Trinajstić information content (AvgIpc) is 2.55. The molecule has 0 radical (unpaired) electrons. The van der Waals surface area contributed by atoms with Gasteiger partial charge in [-0.25, -0.2) is 0 Å². The van der Waals surface area contributed by atoms with Crippen LogP contribution in [0.4, 0.5) is 0 Å². The van der Waals surface area contributed by atoms with Crippen molar-refractivity contribution in [2.75, 3.05) is 0 Å². The van der Waals surface area contributed by atoms with E-state index in [0.717, 1.165) is 5.92 Å². The standard InChI is InChI=1S/C22H40/c1-8-17-15-18(9-2)21(12-5)22(13-6,14-7)16-19(10-3)20(17)11-4/h19H,8-16H2,1-7H3/b20-17+,21-18-. The lowest BCUT2D eigenvalue weighted by Crippen LogP contribution is -2.29. The van der Waals surface area contributed by atoms with E-state index in [0.29, 0.717) is 5.41 Å². The first-order valence-electron chi connectivity index (χ1n) is 9.99. The molecule has 0 saturated heterocycles. The maximum Gasteiger partial charge on any atom is -0.00849 e. The molecule has 0 aromatic carbocycles. The lowest BCUT2D eigenvalue weighted by atomic mass is 9.63. The van der Waals surface area contributed by atoms with Gasteiger partial charge >= 0.3 is 0 Å². The molecule has 1 aliphatic carbocycles. The van der Waals surface area contributed by atoms with Crippen molar-refractivity contribution >= 4 is 0 Å². The normalized spacial score (nSPS) is 29.3. The van der Waals surface area contributed by atoms with Crippen molar-refractivity contribution in [1.29, 1.82) is 0 Å². The van der Waals surface area contributed by atoms with Crippen molar-refractivity contribution in [3.63, 3.8) is 0 Å². The predicted molar refractivity (Wildman–Crippen MR) is 101 cm³/mol. The van der Waals surface area contributed by atoms with Crippen molar-refractivity contribution in [3.8, 4) is 0 Å². The Balaban J connectivity index is 3.52. The molecule has 0 fully saturated rings. The highest BCUT2D eigenvalue weighted by Gasteiger charge is 2.36. The zero-order valence-electron chi connectivity index (χ0n) is 16.4. The third-order valence-electron chi connectivity index (χ3n) is 6.51. The Hall–Kier alpha value is -0.520. The first-order chi connectivity index (χ1) is 10.6. The Morgan fingerprint density at radius 1 is 0.773 bits per heavy atom. The fraction of sp³-hybridized carbons (Fsp3) is 0.818. The van der Waals surface area contributed by atoms with Gasteiger partial charge in [-0.3, -0.25) is 0 Å². The summed E-state index contributed by atoms with van der Waals surface area (Å²) in [4.78, 5) is 0. The van der Waals surface area contributed by atoms with Crippen LogP contribution in [0.1, 0.15) is 106 Å². The minimum atomic E-state index is 0.459. The van der Waals surface area contributed by atoms with Crippen molar-refractivity contribution in [3.05, 3.63) is 22.3 Å². The Labute approximate surface area is 140 Å². The van der Waals surface area contributed by atoms with Gasteiger partial charge in [0.1, 0.15) is 0 Å². The van der Waals surface area contributed by atoms with Crippen LogP contribution >= 0.6 is 0 Å². The highest BCUT2D eigenvalue weighted by Crippen LogP contribution is 2.50. The summed E-state index contributed by atoms with van der Waals surface area (Å²) >= 11 is 0. The van der Waals surface area contributed by atoms with Gasteiger partial charge in [-0.05, 0) is 69.1 Å². The summed E-state index contributed by atoms with van der Waals surface area (Å²) in [6.45, 7) is 16.8. The largest absolute Gasteiger partial charge is 0.0678 e. The lowest BCUT2D eigenvalue weighted by Gasteiger charge is -2.42. The van der Waals surface area contributed by atoms with Gasteiger partial charge in [0.2, 0.25) is 0 Å². The Kier molecular flexibility index (Phi) is 7.94. The lowest BCUT2D eigenvalue weighted by molar-refractivity contribution is 0.242. The Morgan fingerprint density at radius 3 is 1.73 bits per heavy atom. The second-order valence-electron chi connectivity index (χ2n) is 7.10. The van der Waals surface area contributed by atoms with Gasteiger partial charge < -0.3 is 0 Å². The summed E-state index contributed by atoms with van der Waals surface area (Å²) in [5.41, 5.74) is 7.61. The second kappa shape index (κ2) is 8.94. The summed E-state index contributed by atoms with van der Waals surface area (Å²) in [5, 5.41) is 0. The molecule has 1 aliphatic rings. The van der Waals surface area contributed by atoms with Crippen molar-refractivity contribution < 1.29 is 0 Å². The summed E-state index contributed by atoms with van der Waals surface area (Å²) < 4.78 is 0. The summed E-state index contributed by atoms with van der Waals surface area (Å²) in [7, 11) is 0. The first kappa shape index (κ1) is 19.5. The van der Waals surface area contributed by atoms with Gasteiger partial charge in [-0.1, -0.05) is 70.8 Å². The molecule has 0 amide bonds. The molecule has 1 atom stereocenters. The van der Waals surface area contributed by atoms with E-state index in [4.69, 9.17) is 0 Å². The SMILES string of the molecule is CC/C1=C(\CC)C(CC)(CC)CC(CC)/C(CC)=C(\CC)C1. The Morgan fingerprint density at radius 2 is 1.36 bits per heavy atom. The topological polar surface area (TPSA) is 0 Å².